The second-order valence-corrected chi connectivity index (χ2v) is 11.7. The van der Waals surface area contributed by atoms with E-state index in [1.54, 1.807) is 0 Å². The van der Waals surface area contributed by atoms with Crippen LogP contribution in [-0.2, 0) is 0 Å². The highest BCUT2D eigenvalue weighted by atomic mass is 16.3. The van der Waals surface area contributed by atoms with E-state index in [4.69, 9.17) is 4.42 Å². The van der Waals surface area contributed by atoms with Crippen molar-refractivity contribution in [2.45, 2.75) is 0 Å². The molecule has 0 saturated heterocycles. The third kappa shape index (κ3) is 3.35. The Morgan fingerprint density at radius 3 is 1.58 bits per heavy atom. The van der Waals surface area contributed by atoms with Crippen molar-refractivity contribution in [3.63, 3.8) is 0 Å². The summed E-state index contributed by atoms with van der Waals surface area (Å²) < 4.78 is 11.7. The summed E-state index contributed by atoms with van der Waals surface area (Å²) in [5, 5.41) is 7.13. The number of hydrogen-bond donors (Lipinski definition) is 0. The molecule has 0 bridgehead atoms. The number of furan rings is 1. The molecule has 3 nitrogen and oxygen atoms in total. The van der Waals surface area contributed by atoms with Crippen molar-refractivity contribution in [2.24, 2.45) is 0 Å². The zero-order valence-corrected chi connectivity index (χ0v) is 24.3. The van der Waals surface area contributed by atoms with Crippen LogP contribution in [0.3, 0.4) is 0 Å². The van der Waals surface area contributed by atoms with Crippen LogP contribution >= 0.6 is 0 Å². The molecular formula is C42H26N2O. The largest absolute Gasteiger partial charge is 0.454 e. The molecule has 3 heteroatoms. The predicted octanol–water partition coefficient (Wildman–Crippen LogP) is 11.4. The molecule has 0 atom stereocenters. The van der Waals surface area contributed by atoms with Gasteiger partial charge in [0.1, 0.15) is 5.58 Å². The zero-order valence-electron chi connectivity index (χ0n) is 24.3. The molecule has 0 fully saturated rings. The summed E-state index contributed by atoms with van der Waals surface area (Å²) >= 11 is 0. The van der Waals surface area contributed by atoms with E-state index in [9.17, 15) is 0 Å². The van der Waals surface area contributed by atoms with Crippen LogP contribution in [-0.4, -0.2) is 9.13 Å². The zero-order chi connectivity index (χ0) is 29.5. The Kier molecular flexibility index (Phi) is 5.00. The first-order valence-corrected chi connectivity index (χ1v) is 15.4. The molecule has 10 aromatic rings. The molecule has 3 heterocycles. The quantitative estimate of drug-likeness (QED) is 0.206. The van der Waals surface area contributed by atoms with Crippen molar-refractivity contribution in [1.29, 1.82) is 0 Å². The highest BCUT2D eigenvalue weighted by molar-refractivity contribution is 6.39. The van der Waals surface area contributed by atoms with Gasteiger partial charge in [0.15, 0.2) is 5.58 Å². The third-order valence-electron chi connectivity index (χ3n) is 9.29. The Hall–Kier alpha value is -6.06. The van der Waals surface area contributed by atoms with Crippen LogP contribution in [0.4, 0.5) is 0 Å². The Morgan fingerprint density at radius 1 is 0.356 bits per heavy atom. The fraction of sp³-hybridized carbons (Fsp3) is 0. The minimum atomic E-state index is 0.897. The summed E-state index contributed by atoms with van der Waals surface area (Å²) in [6, 6.07) is 56.2. The van der Waals surface area contributed by atoms with Crippen molar-refractivity contribution in [3.05, 3.63) is 158 Å². The van der Waals surface area contributed by atoms with E-state index in [2.05, 4.69) is 167 Å². The van der Waals surface area contributed by atoms with Crippen molar-refractivity contribution in [2.75, 3.05) is 0 Å². The summed E-state index contributed by atoms with van der Waals surface area (Å²) in [5.74, 6) is 0. The van der Waals surface area contributed by atoms with Crippen LogP contribution in [0.15, 0.2) is 162 Å². The molecular weight excluding hydrogens is 548 g/mol. The van der Waals surface area contributed by atoms with Crippen molar-refractivity contribution < 1.29 is 4.42 Å². The topological polar surface area (TPSA) is 23.0 Å². The van der Waals surface area contributed by atoms with E-state index in [1.165, 1.54) is 43.7 Å². The molecule has 0 radical (unpaired) electrons. The molecule has 0 saturated carbocycles. The highest BCUT2D eigenvalue weighted by Gasteiger charge is 2.27. The predicted molar refractivity (Wildman–Crippen MR) is 188 cm³/mol. The van der Waals surface area contributed by atoms with E-state index >= 15 is 0 Å². The maximum absolute atomic E-state index is 6.89. The van der Waals surface area contributed by atoms with Gasteiger partial charge in [-0.3, -0.25) is 0 Å². The first-order chi connectivity index (χ1) is 22.4. The summed E-state index contributed by atoms with van der Waals surface area (Å²) in [7, 11) is 0. The van der Waals surface area contributed by atoms with Crippen LogP contribution < -0.4 is 0 Å². The van der Waals surface area contributed by atoms with Crippen LogP contribution in [0.25, 0.3) is 88.1 Å². The van der Waals surface area contributed by atoms with Gasteiger partial charge in [-0.2, -0.15) is 0 Å². The van der Waals surface area contributed by atoms with Gasteiger partial charge in [-0.1, -0.05) is 115 Å². The lowest BCUT2D eigenvalue weighted by atomic mass is 10.0. The lowest BCUT2D eigenvalue weighted by Gasteiger charge is -2.11. The van der Waals surface area contributed by atoms with Gasteiger partial charge in [-0.25, -0.2) is 0 Å². The van der Waals surface area contributed by atoms with Gasteiger partial charge in [0.2, 0.25) is 0 Å². The number of para-hydroxylation sites is 4. The molecule has 45 heavy (non-hydrogen) atoms. The monoisotopic (exact) mass is 574 g/mol. The van der Waals surface area contributed by atoms with Gasteiger partial charge in [0.05, 0.1) is 22.1 Å². The van der Waals surface area contributed by atoms with Gasteiger partial charge < -0.3 is 13.6 Å². The highest BCUT2D eigenvalue weighted by Crippen LogP contribution is 2.49. The minimum absolute atomic E-state index is 0.897. The SMILES string of the molecule is c1ccc(-c2ccc(-n3c4ccccc4c4c3c3oc5ccccc5c3c3c5ccccc5n(-c5ccccc5)c34)cc2)cc1. The molecule has 0 N–H and O–H groups in total. The van der Waals surface area contributed by atoms with E-state index in [0.29, 0.717) is 0 Å². The third-order valence-corrected chi connectivity index (χ3v) is 9.29. The lowest BCUT2D eigenvalue weighted by molar-refractivity contribution is 0.671. The van der Waals surface area contributed by atoms with Crippen LogP contribution in [0.5, 0.6) is 0 Å². The molecule has 10 rings (SSSR count). The van der Waals surface area contributed by atoms with E-state index in [1.807, 2.05) is 0 Å². The van der Waals surface area contributed by atoms with E-state index < -0.39 is 0 Å². The molecule has 0 amide bonds. The molecule has 0 aliphatic rings. The van der Waals surface area contributed by atoms with Gasteiger partial charge in [0.25, 0.3) is 0 Å². The molecule has 210 valence electrons. The van der Waals surface area contributed by atoms with Gasteiger partial charge in [-0.15, -0.1) is 0 Å². The number of hydrogen-bond acceptors (Lipinski definition) is 1. The van der Waals surface area contributed by atoms with Crippen molar-refractivity contribution >= 4 is 65.6 Å². The molecule has 3 aromatic heterocycles. The Bertz CT molecular complexity index is 2730. The van der Waals surface area contributed by atoms with Crippen molar-refractivity contribution in [1.82, 2.24) is 9.13 Å². The van der Waals surface area contributed by atoms with Crippen LogP contribution in [0.1, 0.15) is 0 Å². The molecule has 0 aliphatic heterocycles. The summed E-state index contributed by atoms with van der Waals surface area (Å²) in [5.41, 5.74) is 11.1. The fourth-order valence-electron chi connectivity index (χ4n) is 7.43. The number of aromatic nitrogens is 2. The van der Waals surface area contributed by atoms with Crippen molar-refractivity contribution in [3.8, 4) is 22.5 Å². The minimum Gasteiger partial charge on any atom is -0.454 e. The lowest BCUT2D eigenvalue weighted by Crippen LogP contribution is -1.96. The number of benzene rings is 7. The Morgan fingerprint density at radius 2 is 0.867 bits per heavy atom. The fourth-order valence-corrected chi connectivity index (χ4v) is 7.43. The smallest absolute Gasteiger partial charge is 0.160 e. The second kappa shape index (κ2) is 9.22. The summed E-state index contributed by atoms with van der Waals surface area (Å²) in [6.07, 6.45) is 0. The normalized spacial score (nSPS) is 12.0. The first-order valence-electron chi connectivity index (χ1n) is 15.4. The van der Waals surface area contributed by atoms with Crippen LogP contribution in [0.2, 0.25) is 0 Å². The molecule has 0 unspecified atom stereocenters. The first kappa shape index (κ1) is 24.4. The Balaban J connectivity index is 1.46. The summed E-state index contributed by atoms with van der Waals surface area (Å²) in [4.78, 5) is 0. The molecule has 0 spiro atoms. The standard InChI is InChI=1S/C42H26N2O/c1-3-13-27(14-4-1)28-23-25-30(26-24-28)44-35-21-11-8-18-32(35)39-40-37(38-33-19-9-12-22-36(33)45-42(38)41(39)44)31-17-7-10-20-34(31)43(40)29-15-5-2-6-16-29/h1-26H. The van der Waals surface area contributed by atoms with Gasteiger partial charge >= 0.3 is 0 Å². The molecule has 7 aromatic carbocycles. The average molecular weight is 575 g/mol. The van der Waals surface area contributed by atoms with Crippen LogP contribution in [0, 0.1) is 0 Å². The maximum atomic E-state index is 6.89. The van der Waals surface area contributed by atoms with E-state index in [-0.39, 0.29) is 0 Å². The number of nitrogens with zero attached hydrogens (tertiary/aromatic N) is 2. The average Bonchev–Trinajstić information content (AvgIpc) is 3.77. The van der Waals surface area contributed by atoms with Gasteiger partial charge in [-0.05, 0) is 53.6 Å². The molecule has 0 aliphatic carbocycles. The van der Waals surface area contributed by atoms with E-state index in [0.717, 1.165) is 44.3 Å². The number of rotatable bonds is 3. The van der Waals surface area contributed by atoms with Gasteiger partial charge in [0, 0.05) is 43.7 Å². The Labute approximate surface area is 258 Å². The second-order valence-electron chi connectivity index (χ2n) is 11.7. The maximum Gasteiger partial charge on any atom is 0.160 e. The summed E-state index contributed by atoms with van der Waals surface area (Å²) in [6.45, 7) is 0. The number of fused-ring (bicyclic) bond motifs is 12.